The van der Waals surface area contributed by atoms with Gasteiger partial charge in [0.15, 0.2) is 0 Å². The molecule has 0 spiro atoms. The highest BCUT2D eigenvalue weighted by molar-refractivity contribution is 8.03. The van der Waals surface area contributed by atoms with Crippen LogP contribution in [0.3, 0.4) is 0 Å². The molecule has 1 aromatic carbocycles. The minimum Gasteiger partial charge on any atom is -0.353 e. The maximum absolute atomic E-state index is 4.96. The highest BCUT2D eigenvalue weighted by Gasteiger charge is 2.25. The Labute approximate surface area is 129 Å². The molecule has 3 heterocycles. The van der Waals surface area contributed by atoms with Crippen molar-refractivity contribution in [2.75, 3.05) is 39.0 Å². The van der Waals surface area contributed by atoms with E-state index in [1.807, 2.05) is 0 Å². The maximum atomic E-state index is 4.96. The minimum absolute atomic E-state index is 0.934. The number of rotatable bonds is 0. The molecule has 1 saturated heterocycles. The number of nitrogens with zero attached hydrogens (tertiary/aromatic N) is 4. The second-order valence-corrected chi connectivity index (χ2v) is 6.47. The normalized spacial score (nSPS) is 22.0. The molecule has 0 saturated carbocycles. The molecule has 21 heavy (non-hydrogen) atoms. The number of aliphatic imine (C=N–C) groups is 2. The molecular formula is C16H18N4S. The molecule has 4 nitrogen and oxygen atoms in total. The van der Waals surface area contributed by atoms with Gasteiger partial charge in [-0.05, 0) is 24.6 Å². The maximum Gasteiger partial charge on any atom is 0.138 e. The van der Waals surface area contributed by atoms with Crippen molar-refractivity contribution in [1.82, 2.24) is 9.80 Å². The van der Waals surface area contributed by atoms with Gasteiger partial charge in [-0.25, -0.2) is 9.98 Å². The molecule has 1 aromatic rings. The number of likely N-dealkylation sites (N-methyl/N-ethyl adjacent to an activating group) is 1. The Hall–Kier alpha value is -1.59. The van der Waals surface area contributed by atoms with E-state index < -0.39 is 0 Å². The van der Waals surface area contributed by atoms with Crippen LogP contribution in [-0.4, -0.2) is 60.3 Å². The van der Waals surface area contributed by atoms with Crippen molar-refractivity contribution >= 4 is 29.0 Å². The van der Waals surface area contributed by atoms with Crippen LogP contribution in [0.2, 0.25) is 0 Å². The van der Waals surface area contributed by atoms with Gasteiger partial charge in [0.25, 0.3) is 0 Å². The van der Waals surface area contributed by atoms with Crippen molar-refractivity contribution < 1.29 is 0 Å². The summed E-state index contributed by atoms with van der Waals surface area (Å²) >= 11 is 1.79. The minimum atomic E-state index is 0.934. The third kappa shape index (κ3) is 2.40. The third-order valence-corrected chi connectivity index (χ3v) is 4.97. The van der Waals surface area contributed by atoms with Gasteiger partial charge < -0.3 is 9.80 Å². The standard InChI is InChI=1S/C16H18N4S/c1-19-6-8-20(9-7-19)16-12-4-2-3-5-13(12)17-14-10-21-11-15(14)18-16/h2-5,11H,6-10H2,1H3. The summed E-state index contributed by atoms with van der Waals surface area (Å²) in [6.07, 6.45) is 0. The molecule has 4 rings (SSSR count). The Kier molecular flexibility index (Phi) is 3.31. The quantitative estimate of drug-likeness (QED) is 0.737. The average Bonchev–Trinajstić information content (AvgIpc) is 2.88. The van der Waals surface area contributed by atoms with Crippen molar-refractivity contribution in [2.45, 2.75) is 0 Å². The molecule has 0 amide bonds. The van der Waals surface area contributed by atoms with E-state index in [9.17, 15) is 0 Å². The van der Waals surface area contributed by atoms with Crippen LogP contribution in [0.5, 0.6) is 0 Å². The molecule has 0 N–H and O–H groups in total. The van der Waals surface area contributed by atoms with Crippen LogP contribution in [0.15, 0.2) is 45.4 Å². The van der Waals surface area contributed by atoms with Crippen molar-refractivity contribution in [2.24, 2.45) is 9.98 Å². The highest BCUT2D eigenvalue weighted by Crippen LogP contribution is 2.31. The third-order valence-electron chi connectivity index (χ3n) is 4.14. The summed E-state index contributed by atoms with van der Waals surface area (Å²) in [6.45, 7) is 4.23. The van der Waals surface area contributed by atoms with E-state index >= 15 is 0 Å². The van der Waals surface area contributed by atoms with Crippen LogP contribution in [0.4, 0.5) is 5.69 Å². The Morgan fingerprint density at radius 1 is 1.05 bits per heavy atom. The first-order valence-electron chi connectivity index (χ1n) is 7.32. The predicted molar refractivity (Wildman–Crippen MR) is 89.7 cm³/mol. The topological polar surface area (TPSA) is 31.2 Å². The fourth-order valence-corrected chi connectivity index (χ4v) is 3.66. The van der Waals surface area contributed by atoms with E-state index in [1.165, 1.54) is 0 Å². The first-order chi connectivity index (χ1) is 10.3. The number of thioether (sulfide) groups is 1. The zero-order chi connectivity index (χ0) is 14.2. The number of para-hydroxylation sites is 1. The SMILES string of the molecule is CN1CCN(C2=NC3=CSCC3=Nc3ccccc32)CC1. The summed E-state index contributed by atoms with van der Waals surface area (Å²) in [4.78, 5) is 14.6. The Morgan fingerprint density at radius 2 is 1.86 bits per heavy atom. The highest BCUT2D eigenvalue weighted by atomic mass is 32.2. The van der Waals surface area contributed by atoms with E-state index in [2.05, 4.69) is 46.5 Å². The smallest absolute Gasteiger partial charge is 0.138 e. The lowest BCUT2D eigenvalue weighted by atomic mass is 10.1. The molecule has 0 atom stereocenters. The molecule has 1 fully saturated rings. The van der Waals surface area contributed by atoms with Crippen LogP contribution in [0, 0.1) is 0 Å². The first-order valence-corrected chi connectivity index (χ1v) is 8.37. The second-order valence-electron chi connectivity index (χ2n) is 5.62. The van der Waals surface area contributed by atoms with Gasteiger partial charge in [0.2, 0.25) is 0 Å². The number of amidine groups is 1. The average molecular weight is 298 g/mol. The number of benzene rings is 1. The van der Waals surface area contributed by atoms with Crippen molar-refractivity contribution in [3.8, 4) is 0 Å². The van der Waals surface area contributed by atoms with Gasteiger partial charge in [-0.15, -0.1) is 11.8 Å². The van der Waals surface area contributed by atoms with Gasteiger partial charge in [-0.2, -0.15) is 0 Å². The lowest BCUT2D eigenvalue weighted by Crippen LogP contribution is -2.47. The summed E-state index contributed by atoms with van der Waals surface area (Å²) in [7, 11) is 2.18. The van der Waals surface area contributed by atoms with Gasteiger partial charge in [-0.1, -0.05) is 12.1 Å². The van der Waals surface area contributed by atoms with Crippen molar-refractivity contribution in [3.63, 3.8) is 0 Å². The summed E-state index contributed by atoms with van der Waals surface area (Å²) in [5, 5.41) is 2.14. The van der Waals surface area contributed by atoms with Gasteiger partial charge in [-0.3, -0.25) is 0 Å². The van der Waals surface area contributed by atoms with Gasteiger partial charge >= 0.3 is 0 Å². The summed E-state index contributed by atoms with van der Waals surface area (Å²) in [5.74, 6) is 2.02. The zero-order valence-electron chi connectivity index (χ0n) is 12.1. The Balaban J connectivity index is 1.78. The Morgan fingerprint density at radius 3 is 2.71 bits per heavy atom. The van der Waals surface area contributed by atoms with Crippen LogP contribution in [0.25, 0.3) is 0 Å². The Bertz CT molecular complexity index is 654. The predicted octanol–water partition coefficient (Wildman–Crippen LogP) is 2.35. The first kappa shape index (κ1) is 13.1. The zero-order valence-corrected chi connectivity index (χ0v) is 12.9. The van der Waals surface area contributed by atoms with Gasteiger partial charge in [0.05, 0.1) is 17.1 Å². The fraction of sp³-hybridized carbons (Fsp3) is 0.375. The van der Waals surface area contributed by atoms with Gasteiger partial charge in [0, 0.05) is 37.5 Å². The molecule has 108 valence electrons. The van der Waals surface area contributed by atoms with Crippen LogP contribution < -0.4 is 0 Å². The fourth-order valence-electron chi connectivity index (χ4n) is 2.86. The lowest BCUT2D eigenvalue weighted by molar-refractivity contribution is 0.216. The molecule has 0 aliphatic carbocycles. The van der Waals surface area contributed by atoms with E-state index in [0.29, 0.717) is 0 Å². The molecule has 0 aromatic heterocycles. The van der Waals surface area contributed by atoms with Crippen molar-refractivity contribution in [3.05, 3.63) is 40.9 Å². The van der Waals surface area contributed by atoms with E-state index in [1.54, 1.807) is 11.8 Å². The number of allylic oxidation sites excluding steroid dienone is 1. The molecule has 5 heteroatoms. The molecule has 3 aliphatic rings. The van der Waals surface area contributed by atoms with Crippen molar-refractivity contribution in [1.29, 1.82) is 0 Å². The second kappa shape index (κ2) is 5.31. The molecular weight excluding hydrogens is 280 g/mol. The van der Waals surface area contributed by atoms with E-state index in [0.717, 1.165) is 60.4 Å². The summed E-state index contributed by atoms with van der Waals surface area (Å²) in [5.41, 5.74) is 4.37. The number of hydrogen-bond acceptors (Lipinski definition) is 5. The molecule has 0 bridgehead atoms. The van der Waals surface area contributed by atoms with Crippen LogP contribution in [-0.2, 0) is 0 Å². The van der Waals surface area contributed by atoms with Crippen LogP contribution in [0.1, 0.15) is 5.56 Å². The molecule has 0 radical (unpaired) electrons. The summed E-state index contributed by atoms with van der Waals surface area (Å²) in [6, 6.07) is 8.38. The monoisotopic (exact) mass is 298 g/mol. The van der Waals surface area contributed by atoms with Gasteiger partial charge in [0.1, 0.15) is 5.84 Å². The largest absolute Gasteiger partial charge is 0.353 e. The number of fused-ring (bicyclic) bond motifs is 2. The number of hydrogen-bond donors (Lipinski definition) is 0. The molecule has 3 aliphatic heterocycles. The lowest BCUT2D eigenvalue weighted by Gasteiger charge is -2.34. The number of piperazine rings is 1. The summed E-state index contributed by atoms with van der Waals surface area (Å²) < 4.78 is 0. The molecule has 0 unspecified atom stereocenters. The van der Waals surface area contributed by atoms with Crippen LogP contribution >= 0.6 is 11.8 Å². The van der Waals surface area contributed by atoms with E-state index in [-0.39, 0.29) is 0 Å². The van der Waals surface area contributed by atoms with E-state index in [4.69, 9.17) is 9.98 Å².